The van der Waals surface area contributed by atoms with E-state index in [0.717, 1.165) is 0 Å². The molecule has 0 spiro atoms. The van der Waals surface area contributed by atoms with Gasteiger partial charge in [-0.15, -0.1) is 0 Å². The van der Waals surface area contributed by atoms with E-state index in [2.05, 4.69) is 10.3 Å². The number of allylic oxidation sites excluding steroid dienone is 1. The molecule has 0 aromatic heterocycles. The van der Waals surface area contributed by atoms with Crippen LogP contribution in [-0.4, -0.2) is 19.2 Å². The number of nitrogens with one attached hydrogen (secondary N) is 1. The van der Waals surface area contributed by atoms with Gasteiger partial charge in [0.2, 0.25) is 5.85 Å². The highest BCUT2D eigenvalue weighted by Crippen LogP contribution is 2.07. The second-order valence-corrected chi connectivity index (χ2v) is 1.97. The van der Waals surface area contributed by atoms with Gasteiger partial charge in [-0.2, -0.15) is 0 Å². The fourth-order valence-corrected chi connectivity index (χ4v) is 0.580. The molecule has 0 amide bonds. The zero-order valence-corrected chi connectivity index (χ0v) is 5.59. The van der Waals surface area contributed by atoms with Crippen LogP contribution in [-0.2, 0) is 4.74 Å². The molecule has 0 aromatic carbocycles. The molecular weight excluding hydrogens is 116 g/mol. The summed E-state index contributed by atoms with van der Waals surface area (Å²) in [5.74, 6) is -0.547. The van der Waals surface area contributed by atoms with E-state index in [-0.39, 0.29) is 0 Å². The normalized spacial score (nSPS) is 32.2. The molecule has 0 aliphatic carbocycles. The van der Waals surface area contributed by atoms with Crippen molar-refractivity contribution in [3.63, 3.8) is 0 Å². The summed E-state index contributed by atoms with van der Waals surface area (Å²) in [6.45, 7) is 1.85. The van der Waals surface area contributed by atoms with Gasteiger partial charge in [0.1, 0.15) is 0 Å². The van der Waals surface area contributed by atoms with Gasteiger partial charge >= 0.3 is 0 Å². The highest BCUT2D eigenvalue weighted by molar-refractivity contribution is 5.72. The zero-order valence-electron chi connectivity index (χ0n) is 5.59. The molecule has 0 bridgehead atoms. The van der Waals surface area contributed by atoms with Gasteiger partial charge < -0.3 is 10.1 Å². The van der Waals surface area contributed by atoms with Crippen LogP contribution >= 0.6 is 0 Å². The fourth-order valence-electron chi connectivity index (χ4n) is 0.580. The average Bonchev–Trinajstić information content (AvgIpc) is 1.90. The molecule has 1 heterocycles. The van der Waals surface area contributed by atoms with Gasteiger partial charge in [-0.3, -0.25) is 0 Å². The molecule has 1 unspecified atom stereocenters. The largest absolute Gasteiger partial charge is 0.345 e. The number of hydrogen-bond donors (Lipinski definition) is 1. The predicted molar refractivity (Wildman–Crippen MR) is 36.2 cm³/mol. The molecule has 0 aromatic rings. The van der Waals surface area contributed by atoms with Crippen molar-refractivity contribution in [1.82, 2.24) is 5.32 Å². The van der Waals surface area contributed by atoms with Crippen LogP contribution in [0.25, 0.3) is 0 Å². The first kappa shape index (κ1) is 6.29. The standard InChI is InChI=1S/C6H10N2O/c1-6(9-2)7-4-3-5-8-6/h3-5,7H,1-2H3. The Kier molecular flexibility index (Phi) is 1.53. The summed E-state index contributed by atoms with van der Waals surface area (Å²) in [5, 5.41) is 2.94. The molecule has 9 heavy (non-hydrogen) atoms. The van der Waals surface area contributed by atoms with Crippen LogP contribution < -0.4 is 5.32 Å². The van der Waals surface area contributed by atoms with E-state index in [1.807, 2.05) is 13.0 Å². The first-order valence-corrected chi connectivity index (χ1v) is 2.80. The minimum Gasteiger partial charge on any atom is -0.345 e. The Morgan fingerprint density at radius 3 is 2.78 bits per heavy atom. The Balaban J connectivity index is 2.63. The second kappa shape index (κ2) is 2.19. The number of ether oxygens (including phenoxy) is 1. The summed E-state index contributed by atoms with van der Waals surface area (Å²) < 4.78 is 5.02. The second-order valence-electron chi connectivity index (χ2n) is 1.97. The van der Waals surface area contributed by atoms with Crippen LogP contribution in [0.15, 0.2) is 17.3 Å². The third-order valence-electron chi connectivity index (χ3n) is 1.25. The molecule has 50 valence electrons. The van der Waals surface area contributed by atoms with Gasteiger partial charge in [-0.05, 0) is 6.08 Å². The van der Waals surface area contributed by atoms with Crippen LogP contribution in [0.5, 0.6) is 0 Å². The van der Waals surface area contributed by atoms with Gasteiger partial charge in [0.15, 0.2) is 0 Å². The van der Waals surface area contributed by atoms with Crippen molar-refractivity contribution in [3.05, 3.63) is 12.3 Å². The maximum atomic E-state index is 5.02. The summed E-state index contributed by atoms with van der Waals surface area (Å²) in [5.41, 5.74) is 0. The quantitative estimate of drug-likeness (QED) is 0.555. The molecule has 0 saturated heterocycles. The number of hydrogen-bond acceptors (Lipinski definition) is 3. The third kappa shape index (κ3) is 1.29. The monoisotopic (exact) mass is 126 g/mol. The Morgan fingerprint density at radius 1 is 1.67 bits per heavy atom. The van der Waals surface area contributed by atoms with Gasteiger partial charge in [-0.1, -0.05) is 0 Å². The molecule has 3 nitrogen and oxygen atoms in total. The smallest absolute Gasteiger partial charge is 0.232 e. The molecule has 0 fully saturated rings. The van der Waals surface area contributed by atoms with E-state index < -0.39 is 5.85 Å². The van der Waals surface area contributed by atoms with Gasteiger partial charge in [0.25, 0.3) is 0 Å². The van der Waals surface area contributed by atoms with Crippen molar-refractivity contribution < 1.29 is 4.74 Å². The average molecular weight is 126 g/mol. The zero-order chi connectivity index (χ0) is 6.74. The molecule has 1 aliphatic heterocycles. The highest BCUT2D eigenvalue weighted by Gasteiger charge is 2.19. The van der Waals surface area contributed by atoms with Crippen molar-refractivity contribution >= 4 is 6.21 Å². The molecule has 1 atom stereocenters. The van der Waals surface area contributed by atoms with Gasteiger partial charge in [0.05, 0.1) is 0 Å². The lowest BCUT2D eigenvalue weighted by molar-refractivity contribution is -0.00460. The van der Waals surface area contributed by atoms with E-state index in [9.17, 15) is 0 Å². The Bertz CT molecular complexity index is 153. The van der Waals surface area contributed by atoms with Gasteiger partial charge in [-0.25, -0.2) is 4.99 Å². The van der Waals surface area contributed by atoms with Crippen LogP contribution in [0.1, 0.15) is 6.92 Å². The predicted octanol–water partition coefficient (Wildman–Crippen LogP) is 0.494. The highest BCUT2D eigenvalue weighted by atomic mass is 16.5. The number of methoxy groups -OCH3 is 1. The lowest BCUT2D eigenvalue weighted by atomic mass is 10.4. The molecular formula is C6H10N2O. The van der Waals surface area contributed by atoms with Crippen molar-refractivity contribution in [2.45, 2.75) is 12.8 Å². The number of aliphatic imine (C=N–C) groups is 1. The number of rotatable bonds is 1. The van der Waals surface area contributed by atoms with E-state index in [1.54, 1.807) is 19.5 Å². The Labute approximate surface area is 54.4 Å². The maximum Gasteiger partial charge on any atom is 0.232 e. The van der Waals surface area contributed by atoms with Gasteiger partial charge in [0, 0.05) is 26.4 Å². The van der Waals surface area contributed by atoms with Crippen LogP contribution in [0.4, 0.5) is 0 Å². The van der Waals surface area contributed by atoms with E-state index >= 15 is 0 Å². The topological polar surface area (TPSA) is 33.6 Å². The van der Waals surface area contributed by atoms with Crippen molar-refractivity contribution in [2.24, 2.45) is 4.99 Å². The Morgan fingerprint density at radius 2 is 2.44 bits per heavy atom. The molecule has 0 radical (unpaired) electrons. The maximum absolute atomic E-state index is 5.02. The van der Waals surface area contributed by atoms with Crippen molar-refractivity contribution in [3.8, 4) is 0 Å². The lowest BCUT2D eigenvalue weighted by Crippen LogP contribution is -2.40. The summed E-state index contributed by atoms with van der Waals surface area (Å²) >= 11 is 0. The van der Waals surface area contributed by atoms with E-state index in [0.29, 0.717) is 0 Å². The number of nitrogens with zero attached hydrogens (tertiary/aromatic N) is 1. The third-order valence-corrected chi connectivity index (χ3v) is 1.25. The van der Waals surface area contributed by atoms with E-state index in [1.165, 1.54) is 0 Å². The SMILES string of the molecule is COC1(C)N=CC=CN1. The van der Waals surface area contributed by atoms with Crippen molar-refractivity contribution in [2.75, 3.05) is 7.11 Å². The molecule has 3 heteroatoms. The summed E-state index contributed by atoms with van der Waals surface area (Å²) in [4.78, 5) is 4.03. The molecule has 0 saturated carbocycles. The first-order chi connectivity index (χ1) is 4.27. The van der Waals surface area contributed by atoms with Crippen molar-refractivity contribution in [1.29, 1.82) is 0 Å². The summed E-state index contributed by atoms with van der Waals surface area (Å²) in [6, 6.07) is 0. The first-order valence-electron chi connectivity index (χ1n) is 2.80. The van der Waals surface area contributed by atoms with Crippen LogP contribution in [0.3, 0.4) is 0 Å². The minimum atomic E-state index is -0.547. The lowest BCUT2D eigenvalue weighted by Gasteiger charge is -2.24. The van der Waals surface area contributed by atoms with E-state index in [4.69, 9.17) is 4.74 Å². The molecule has 1 rings (SSSR count). The Hall–Kier alpha value is -0.830. The molecule has 1 N–H and O–H groups in total. The molecule has 1 aliphatic rings. The summed E-state index contributed by atoms with van der Waals surface area (Å²) in [6.07, 6.45) is 5.33. The fraction of sp³-hybridized carbons (Fsp3) is 0.500. The minimum absolute atomic E-state index is 0.547. The summed E-state index contributed by atoms with van der Waals surface area (Å²) in [7, 11) is 1.61. The van der Waals surface area contributed by atoms with Crippen LogP contribution in [0.2, 0.25) is 0 Å². The van der Waals surface area contributed by atoms with Crippen LogP contribution in [0, 0.1) is 0 Å².